The number of halogens is 1. The number of esters is 1. The fraction of sp³-hybridized carbons (Fsp3) is 0.158. The van der Waals surface area contributed by atoms with Gasteiger partial charge in [0.1, 0.15) is 0 Å². The van der Waals surface area contributed by atoms with E-state index in [0.29, 0.717) is 18.0 Å². The molecule has 3 aromatic rings. The first-order valence-corrected chi connectivity index (χ1v) is 8.46. The zero-order valence-electron chi connectivity index (χ0n) is 13.9. The monoisotopic (exact) mass is 371 g/mol. The van der Waals surface area contributed by atoms with Crippen molar-refractivity contribution in [3.63, 3.8) is 0 Å². The number of carbonyl (C=O) groups is 2. The molecule has 1 aromatic heterocycles. The summed E-state index contributed by atoms with van der Waals surface area (Å²) in [5, 5.41) is 4.23. The van der Waals surface area contributed by atoms with Crippen LogP contribution in [0.25, 0.3) is 10.9 Å². The van der Waals surface area contributed by atoms with Gasteiger partial charge in [-0.05, 0) is 36.2 Å². The van der Waals surface area contributed by atoms with Crippen LogP contribution >= 0.6 is 11.6 Å². The van der Waals surface area contributed by atoms with Gasteiger partial charge in [0.25, 0.3) is 5.91 Å². The van der Waals surface area contributed by atoms with Gasteiger partial charge in [0.05, 0.1) is 5.56 Å². The average Bonchev–Trinajstić information content (AvgIpc) is 3.05. The molecule has 3 rings (SSSR count). The third kappa shape index (κ3) is 4.15. The molecule has 26 heavy (non-hydrogen) atoms. The molecule has 1 heterocycles. The van der Waals surface area contributed by atoms with Gasteiger partial charge in [-0.15, -0.1) is 0 Å². The molecule has 4 N–H and O–H groups in total. The van der Waals surface area contributed by atoms with Crippen LogP contribution in [-0.4, -0.2) is 30.0 Å². The van der Waals surface area contributed by atoms with Gasteiger partial charge in [-0.3, -0.25) is 4.79 Å². The molecule has 0 aliphatic carbocycles. The number of hydrogen-bond acceptors (Lipinski definition) is 4. The molecule has 7 heteroatoms. The number of H-pyrrole nitrogens is 1. The van der Waals surface area contributed by atoms with E-state index in [1.807, 2.05) is 30.5 Å². The number of nitrogens with two attached hydrogens (primary N) is 1. The topological polar surface area (TPSA) is 97.2 Å². The number of ether oxygens (including phenoxy) is 1. The van der Waals surface area contributed by atoms with E-state index >= 15 is 0 Å². The van der Waals surface area contributed by atoms with Crippen LogP contribution < -0.4 is 11.1 Å². The molecule has 1 amide bonds. The average molecular weight is 372 g/mol. The van der Waals surface area contributed by atoms with Crippen LogP contribution in [0.5, 0.6) is 0 Å². The molecule has 0 radical (unpaired) electrons. The Bertz CT molecular complexity index is 952. The number of hydrogen-bond donors (Lipinski definition) is 3. The van der Waals surface area contributed by atoms with E-state index in [-0.39, 0.29) is 23.8 Å². The Morgan fingerprint density at radius 3 is 2.85 bits per heavy atom. The molecule has 2 aromatic carbocycles. The first-order valence-electron chi connectivity index (χ1n) is 8.08. The minimum atomic E-state index is -0.684. The molecule has 0 fully saturated rings. The molecule has 0 spiro atoms. The zero-order chi connectivity index (χ0) is 18.5. The number of aromatic amines is 1. The van der Waals surface area contributed by atoms with Crippen molar-refractivity contribution in [3.05, 3.63) is 64.8 Å². The maximum absolute atomic E-state index is 12.0. The van der Waals surface area contributed by atoms with Crippen LogP contribution in [-0.2, 0) is 16.0 Å². The van der Waals surface area contributed by atoms with Gasteiger partial charge in [0, 0.05) is 34.4 Å². The Morgan fingerprint density at radius 1 is 1.19 bits per heavy atom. The van der Waals surface area contributed by atoms with E-state index in [1.165, 1.54) is 12.1 Å². The number of nitrogen functional groups attached to an aromatic ring is 1. The second-order valence-electron chi connectivity index (χ2n) is 5.77. The Kier molecular flexibility index (Phi) is 5.43. The smallest absolute Gasteiger partial charge is 0.340 e. The summed E-state index contributed by atoms with van der Waals surface area (Å²) in [4.78, 5) is 27.0. The highest BCUT2D eigenvalue weighted by Crippen LogP contribution is 2.19. The van der Waals surface area contributed by atoms with Crippen LogP contribution in [0.1, 0.15) is 15.9 Å². The van der Waals surface area contributed by atoms with Gasteiger partial charge in [-0.1, -0.05) is 29.8 Å². The molecule has 0 aliphatic heterocycles. The summed E-state index contributed by atoms with van der Waals surface area (Å²) in [7, 11) is 0. The molecule has 0 bridgehead atoms. The van der Waals surface area contributed by atoms with Gasteiger partial charge < -0.3 is 20.8 Å². The van der Waals surface area contributed by atoms with Crippen molar-refractivity contribution in [2.24, 2.45) is 0 Å². The van der Waals surface area contributed by atoms with E-state index in [2.05, 4.69) is 10.3 Å². The van der Waals surface area contributed by atoms with Gasteiger partial charge in [-0.2, -0.15) is 0 Å². The summed E-state index contributed by atoms with van der Waals surface area (Å²) in [5.74, 6) is -1.06. The molecule has 134 valence electrons. The molecule has 0 saturated heterocycles. The SMILES string of the molecule is Nc1ccc(Cl)cc1C(=O)OCC(=O)NCCc1c[nH]c2ccccc12. The van der Waals surface area contributed by atoms with Gasteiger partial charge in [0.2, 0.25) is 0 Å². The number of rotatable bonds is 6. The van der Waals surface area contributed by atoms with Crippen LogP contribution in [0, 0.1) is 0 Å². The standard InChI is InChI=1S/C19H18ClN3O3/c20-13-5-6-16(21)15(9-13)19(25)26-11-18(24)22-8-7-12-10-23-17-4-2-1-3-14(12)17/h1-6,9-10,23H,7-8,11,21H2,(H,22,24). The van der Waals surface area contributed by atoms with Crippen LogP contribution in [0.3, 0.4) is 0 Å². The van der Waals surface area contributed by atoms with Gasteiger partial charge >= 0.3 is 5.97 Å². The number of aromatic nitrogens is 1. The Morgan fingerprint density at radius 2 is 2.00 bits per heavy atom. The number of para-hydroxylation sites is 1. The number of nitrogens with one attached hydrogen (secondary N) is 2. The fourth-order valence-corrected chi connectivity index (χ4v) is 2.81. The Balaban J connectivity index is 1.47. The minimum absolute atomic E-state index is 0.143. The normalized spacial score (nSPS) is 10.7. The van der Waals surface area contributed by atoms with Crippen molar-refractivity contribution in [1.82, 2.24) is 10.3 Å². The van der Waals surface area contributed by atoms with E-state index in [0.717, 1.165) is 16.5 Å². The first-order chi connectivity index (χ1) is 12.5. The second-order valence-corrected chi connectivity index (χ2v) is 6.20. The summed E-state index contributed by atoms with van der Waals surface area (Å²) < 4.78 is 4.99. The molecule has 0 atom stereocenters. The quantitative estimate of drug-likeness (QED) is 0.458. The predicted molar refractivity (Wildman–Crippen MR) is 101 cm³/mol. The number of benzene rings is 2. The second kappa shape index (κ2) is 7.93. The maximum atomic E-state index is 12.0. The van der Waals surface area contributed by atoms with E-state index in [1.54, 1.807) is 6.07 Å². The maximum Gasteiger partial charge on any atom is 0.340 e. The van der Waals surface area contributed by atoms with Crippen molar-refractivity contribution in [3.8, 4) is 0 Å². The van der Waals surface area contributed by atoms with Gasteiger partial charge in [0.15, 0.2) is 6.61 Å². The molecule has 6 nitrogen and oxygen atoms in total. The molecule has 0 unspecified atom stereocenters. The number of fused-ring (bicyclic) bond motifs is 1. The minimum Gasteiger partial charge on any atom is -0.452 e. The van der Waals surface area contributed by atoms with Crippen molar-refractivity contribution < 1.29 is 14.3 Å². The summed E-state index contributed by atoms with van der Waals surface area (Å²) in [6, 6.07) is 12.5. The largest absolute Gasteiger partial charge is 0.452 e. The van der Waals surface area contributed by atoms with Crippen molar-refractivity contribution in [2.75, 3.05) is 18.9 Å². The summed E-state index contributed by atoms with van der Waals surface area (Å²) in [5.41, 5.74) is 8.28. The lowest BCUT2D eigenvalue weighted by Crippen LogP contribution is -2.30. The molecule has 0 aliphatic rings. The summed E-state index contributed by atoms with van der Waals surface area (Å²) >= 11 is 5.84. The lowest BCUT2D eigenvalue weighted by molar-refractivity contribution is -0.124. The lowest BCUT2D eigenvalue weighted by Gasteiger charge is -2.08. The highest BCUT2D eigenvalue weighted by molar-refractivity contribution is 6.31. The molecular formula is C19H18ClN3O3. The van der Waals surface area contributed by atoms with Crippen LogP contribution in [0.4, 0.5) is 5.69 Å². The highest BCUT2D eigenvalue weighted by Gasteiger charge is 2.14. The van der Waals surface area contributed by atoms with E-state index in [4.69, 9.17) is 22.1 Å². The summed E-state index contributed by atoms with van der Waals surface area (Å²) in [6.45, 7) is 0.0657. The van der Waals surface area contributed by atoms with Crippen molar-refractivity contribution in [2.45, 2.75) is 6.42 Å². The number of carbonyl (C=O) groups excluding carboxylic acids is 2. The molecule has 0 saturated carbocycles. The Labute approximate surface area is 155 Å². The third-order valence-corrected chi connectivity index (χ3v) is 4.20. The van der Waals surface area contributed by atoms with E-state index < -0.39 is 5.97 Å². The predicted octanol–water partition coefficient (Wildman–Crippen LogP) is 2.92. The number of anilines is 1. The van der Waals surface area contributed by atoms with Gasteiger partial charge in [-0.25, -0.2) is 4.79 Å². The van der Waals surface area contributed by atoms with Crippen molar-refractivity contribution >= 4 is 40.1 Å². The third-order valence-electron chi connectivity index (χ3n) is 3.96. The number of amides is 1. The van der Waals surface area contributed by atoms with Crippen LogP contribution in [0.15, 0.2) is 48.7 Å². The highest BCUT2D eigenvalue weighted by atomic mass is 35.5. The zero-order valence-corrected chi connectivity index (χ0v) is 14.7. The molecular weight excluding hydrogens is 354 g/mol. The lowest BCUT2D eigenvalue weighted by atomic mass is 10.1. The van der Waals surface area contributed by atoms with E-state index in [9.17, 15) is 9.59 Å². The van der Waals surface area contributed by atoms with Crippen molar-refractivity contribution in [1.29, 1.82) is 0 Å². The fourth-order valence-electron chi connectivity index (χ4n) is 2.64. The Hall–Kier alpha value is -2.99. The first kappa shape index (κ1) is 17.8. The summed E-state index contributed by atoms with van der Waals surface area (Å²) in [6.07, 6.45) is 2.60. The van der Waals surface area contributed by atoms with Crippen LogP contribution in [0.2, 0.25) is 5.02 Å².